The van der Waals surface area contributed by atoms with Crippen molar-refractivity contribution in [1.82, 2.24) is 9.38 Å². The zero-order valence-corrected chi connectivity index (χ0v) is 6.70. The number of rotatable bonds is 0. The summed E-state index contributed by atoms with van der Waals surface area (Å²) < 4.78 is 2.05. The van der Waals surface area contributed by atoms with Gasteiger partial charge in [0, 0.05) is 18.6 Å². The molecule has 0 saturated carbocycles. The fourth-order valence-electron chi connectivity index (χ4n) is 1.39. The van der Waals surface area contributed by atoms with Gasteiger partial charge in [-0.25, -0.2) is 4.98 Å². The van der Waals surface area contributed by atoms with Gasteiger partial charge >= 0.3 is 0 Å². The Hall–Kier alpha value is -1.31. The van der Waals surface area contributed by atoms with E-state index in [1.165, 1.54) is 11.1 Å². The first-order valence-electron chi connectivity index (χ1n) is 3.67. The van der Waals surface area contributed by atoms with E-state index < -0.39 is 0 Å². The van der Waals surface area contributed by atoms with E-state index in [0.717, 1.165) is 5.65 Å². The number of fused-ring (bicyclic) bond motifs is 1. The molecule has 0 amide bonds. The lowest BCUT2D eigenvalue weighted by Crippen LogP contribution is -1.88. The normalized spacial score (nSPS) is 10.7. The third-order valence-electron chi connectivity index (χ3n) is 1.81. The summed E-state index contributed by atoms with van der Waals surface area (Å²) in [6, 6.07) is 2.14. The Balaban J connectivity index is 2.91. The van der Waals surface area contributed by atoms with Crippen molar-refractivity contribution in [3.63, 3.8) is 0 Å². The minimum atomic E-state index is 1.05. The molecule has 2 rings (SSSR count). The Labute approximate surface area is 65.5 Å². The summed E-state index contributed by atoms with van der Waals surface area (Å²) in [4.78, 5) is 4.22. The van der Waals surface area contributed by atoms with Gasteiger partial charge in [0.15, 0.2) is 0 Å². The van der Waals surface area contributed by atoms with Gasteiger partial charge in [-0.1, -0.05) is 6.07 Å². The molecule has 0 radical (unpaired) electrons. The largest absolute Gasteiger partial charge is 0.307 e. The molecule has 2 heterocycles. The van der Waals surface area contributed by atoms with Crippen LogP contribution in [0.25, 0.3) is 5.65 Å². The van der Waals surface area contributed by atoms with Crippen LogP contribution < -0.4 is 0 Å². The van der Waals surface area contributed by atoms with Crippen LogP contribution in [0.3, 0.4) is 0 Å². The minimum Gasteiger partial charge on any atom is -0.307 e. The van der Waals surface area contributed by atoms with E-state index in [4.69, 9.17) is 0 Å². The van der Waals surface area contributed by atoms with E-state index in [2.05, 4.69) is 31.1 Å². The van der Waals surface area contributed by atoms with Crippen molar-refractivity contribution in [3.05, 3.63) is 35.8 Å². The lowest BCUT2D eigenvalue weighted by molar-refractivity contribution is 1.13. The number of hydrogen-bond donors (Lipinski definition) is 0. The van der Waals surface area contributed by atoms with Gasteiger partial charge in [0.25, 0.3) is 0 Å². The molecule has 0 bridgehead atoms. The Bertz CT molecular complexity index is 387. The van der Waals surface area contributed by atoms with E-state index in [0.29, 0.717) is 0 Å². The second kappa shape index (κ2) is 2.09. The van der Waals surface area contributed by atoms with Crippen LogP contribution in [0.15, 0.2) is 24.7 Å². The first-order valence-corrected chi connectivity index (χ1v) is 3.67. The van der Waals surface area contributed by atoms with Crippen molar-refractivity contribution in [1.29, 1.82) is 0 Å². The summed E-state index contributed by atoms with van der Waals surface area (Å²) in [5.74, 6) is 0. The lowest BCUT2D eigenvalue weighted by atomic mass is 10.2. The maximum Gasteiger partial charge on any atom is 0.139 e. The third kappa shape index (κ3) is 0.909. The number of hydrogen-bond acceptors (Lipinski definition) is 1. The average molecular weight is 146 g/mol. The zero-order chi connectivity index (χ0) is 7.84. The number of aromatic nitrogens is 2. The molecule has 0 aromatic carbocycles. The van der Waals surface area contributed by atoms with E-state index in [9.17, 15) is 0 Å². The number of nitrogens with zero attached hydrogens (tertiary/aromatic N) is 2. The molecule has 2 heteroatoms. The van der Waals surface area contributed by atoms with E-state index in [-0.39, 0.29) is 0 Å². The van der Waals surface area contributed by atoms with Gasteiger partial charge in [-0.2, -0.15) is 0 Å². The number of pyridine rings is 1. The maximum absolute atomic E-state index is 4.22. The molecule has 0 aliphatic carbocycles. The molecule has 0 saturated heterocycles. The fraction of sp³-hybridized carbons (Fsp3) is 0.222. The molecule has 0 aliphatic rings. The van der Waals surface area contributed by atoms with E-state index >= 15 is 0 Å². The first kappa shape index (κ1) is 6.40. The van der Waals surface area contributed by atoms with Crippen LogP contribution in [0.5, 0.6) is 0 Å². The van der Waals surface area contributed by atoms with E-state index in [1.807, 2.05) is 16.8 Å². The summed E-state index contributed by atoms with van der Waals surface area (Å²) >= 11 is 0. The molecule has 11 heavy (non-hydrogen) atoms. The average Bonchev–Trinajstić information content (AvgIpc) is 2.34. The Morgan fingerprint density at radius 3 is 3.00 bits per heavy atom. The quantitative estimate of drug-likeness (QED) is 0.555. The highest BCUT2D eigenvalue weighted by molar-refractivity contribution is 5.47. The molecular weight excluding hydrogens is 136 g/mol. The molecule has 0 N–H and O–H groups in total. The summed E-state index contributed by atoms with van der Waals surface area (Å²) in [5, 5.41) is 0. The number of imidazole rings is 1. The van der Waals surface area contributed by atoms with Crippen molar-refractivity contribution >= 4 is 5.65 Å². The third-order valence-corrected chi connectivity index (χ3v) is 1.81. The molecule has 0 aliphatic heterocycles. The summed E-state index contributed by atoms with van der Waals surface area (Å²) in [6.07, 6.45) is 5.87. The maximum atomic E-state index is 4.22. The Kier molecular flexibility index (Phi) is 1.22. The highest BCUT2D eigenvalue weighted by Crippen LogP contribution is 2.09. The first-order chi connectivity index (χ1) is 5.27. The number of aryl methyl sites for hydroxylation is 2. The molecule has 0 fully saturated rings. The molecule has 0 atom stereocenters. The van der Waals surface area contributed by atoms with Crippen LogP contribution >= 0.6 is 0 Å². The monoisotopic (exact) mass is 146 g/mol. The molecule has 0 unspecified atom stereocenters. The van der Waals surface area contributed by atoms with Crippen molar-refractivity contribution < 1.29 is 0 Å². The van der Waals surface area contributed by atoms with Crippen molar-refractivity contribution in [3.8, 4) is 0 Å². The minimum absolute atomic E-state index is 1.05. The molecule has 2 nitrogen and oxygen atoms in total. The molecule has 56 valence electrons. The van der Waals surface area contributed by atoms with Gasteiger partial charge < -0.3 is 4.40 Å². The Morgan fingerprint density at radius 1 is 1.36 bits per heavy atom. The SMILES string of the molecule is Cc1cc(C)c2nccn2c1. The fourth-order valence-corrected chi connectivity index (χ4v) is 1.39. The second-order valence-corrected chi connectivity index (χ2v) is 2.86. The topological polar surface area (TPSA) is 17.3 Å². The highest BCUT2D eigenvalue weighted by Gasteiger charge is 1.97. The van der Waals surface area contributed by atoms with Gasteiger partial charge in [-0.05, 0) is 25.0 Å². The van der Waals surface area contributed by atoms with Gasteiger partial charge in [0.2, 0.25) is 0 Å². The molecular formula is C9H10N2. The molecule has 2 aromatic heterocycles. The van der Waals surface area contributed by atoms with Crippen LogP contribution in [0.2, 0.25) is 0 Å². The van der Waals surface area contributed by atoms with Crippen molar-refractivity contribution in [2.24, 2.45) is 0 Å². The summed E-state index contributed by atoms with van der Waals surface area (Å²) in [6.45, 7) is 4.17. The predicted octanol–water partition coefficient (Wildman–Crippen LogP) is 1.95. The highest BCUT2D eigenvalue weighted by atomic mass is 15.0. The van der Waals surface area contributed by atoms with Crippen LogP contribution in [0, 0.1) is 13.8 Å². The van der Waals surface area contributed by atoms with Crippen LogP contribution in [0.4, 0.5) is 0 Å². The van der Waals surface area contributed by atoms with Crippen LogP contribution in [-0.2, 0) is 0 Å². The van der Waals surface area contributed by atoms with E-state index in [1.54, 1.807) is 0 Å². The second-order valence-electron chi connectivity index (χ2n) is 2.86. The van der Waals surface area contributed by atoms with Gasteiger partial charge in [0.05, 0.1) is 0 Å². The Morgan fingerprint density at radius 2 is 2.18 bits per heavy atom. The molecule has 2 aromatic rings. The smallest absolute Gasteiger partial charge is 0.139 e. The van der Waals surface area contributed by atoms with Crippen molar-refractivity contribution in [2.75, 3.05) is 0 Å². The van der Waals surface area contributed by atoms with Crippen molar-refractivity contribution in [2.45, 2.75) is 13.8 Å². The van der Waals surface area contributed by atoms with Gasteiger partial charge in [0.1, 0.15) is 5.65 Å². The van der Waals surface area contributed by atoms with Gasteiger partial charge in [-0.15, -0.1) is 0 Å². The standard InChI is InChI=1S/C9H10N2/c1-7-5-8(2)9-10-3-4-11(9)6-7/h3-6H,1-2H3. The summed E-state index contributed by atoms with van der Waals surface area (Å²) in [7, 11) is 0. The molecule has 0 spiro atoms. The summed E-state index contributed by atoms with van der Waals surface area (Å²) in [5.41, 5.74) is 3.55. The van der Waals surface area contributed by atoms with Crippen LogP contribution in [0.1, 0.15) is 11.1 Å². The zero-order valence-electron chi connectivity index (χ0n) is 6.70. The lowest BCUT2D eigenvalue weighted by Gasteiger charge is -1.98. The predicted molar refractivity (Wildman–Crippen MR) is 44.7 cm³/mol. The van der Waals surface area contributed by atoms with Gasteiger partial charge in [-0.3, -0.25) is 0 Å². The van der Waals surface area contributed by atoms with Crippen LogP contribution in [-0.4, -0.2) is 9.38 Å².